The van der Waals surface area contributed by atoms with E-state index in [9.17, 15) is 0 Å². The number of aryl methyl sites for hydroxylation is 1. The lowest BCUT2D eigenvalue weighted by Gasteiger charge is -2.03. The molecule has 0 aliphatic heterocycles. The quantitative estimate of drug-likeness (QED) is 0.644. The van der Waals surface area contributed by atoms with E-state index in [1.807, 2.05) is 16.9 Å². The number of hydrogen-bond acceptors (Lipinski definition) is 1. The van der Waals surface area contributed by atoms with Crippen molar-refractivity contribution in [3.8, 4) is 0 Å². The Hall–Kier alpha value is -0.790. The van der Waals surface area contributed by atoms with Crippen LogP contribution in [0.2, 0.25) is 0 Å². The first-order valence-corrected chi connectivity index (χ1v) is 4.18. The highest BCUT2D eigenvalue weighted by Gasteiger charge is 1.94. The third kappa shape index (κ3) is 3.21. The molecule has 0 aliphatic carbocycles. The van der Waals surface area contributed by atoms with Crippen LogP contribution >= 0.6 is 0 Å². The standard InChI is InChI=1S/C9H15N2/c1-9(2)5-3-7-11-8-4-6-10-11/h4,8-9H,3,5,7H2,1-2H3. The van der Waals surface area contributed by atoms with Gasteiger partial charge in [0.15, 0.2) is 0 Å². The first-order chi connectivity index (χ1) is 5.29. The van der Waals surface area contributed by atoms with Crippen molar-refractivity contribution in [1.29, 1.82) is 0 Å². The summed E-state index contributed by atoms with van der Waals surface area (Å²) in [6.45, 7) is 5.52. The largest absolute Gasteiger partial charge is 0.272 e. The Morgan fingerprint density at radius 1 is 1.55 bits per heavy atom. The highest BCUT2D eigenvalue weighted by Crippen LogP contribution is 2.04. The Labute approximate surface area is 68.2 Å². The van der Waals surface area contributed by atoms with Crippen LogP contribution in [0.4, 0.5) is 0 Å². The van der Waals surface area contributed by atoms with E-state index in [0.29, 0.717) is 0 Å². The van der Waals surface area contributed by atoms with Crippen LogP contribution in [0.1, 0.15) is 26.7 Å². The third-order valence-corrected chi connectivity index (χ3v) is 1.68. The molecule has 0 atom stereocenters. The average molecular weight is 151 g/mol. The smallest absolute Gasteiger partial charge is 0.113 e. The Balaban J connectivity index is 2.14. The van der Waals surface area contributed by atoms with Crippen molar-refractivity contribution in [2.75, 3.05) is 0 Å². The molecule has 0 aliphatic rings. The monoisotopic (exact) mass is 151 g/mol. The molecule has 0 bridgehead atoms. The van der Waals surface area contributed by atoms with Gasteiger partial charge in [-0.15, -0.1) is 0 Å². The van der Waals surface area contributed by atoms with Gasteiger partial charge in [-0.05, 0) is 24.8 Å². The first-order valence-electron chi connectivity index (χ1n) is 4.18. The molecule has 1 aromatic heterocycles. The molecule has 2 heteroatoms. The highest BCUT2D eigenvalue weighted by molar-refractivity contribution is 4.75. The SMILES string of the molecule is CC(C)CCCn1cc[c]n1. The van der Waals surface area contributed by atoms with Gasteiger partial charge in [0.1, 0.15) is 6.20 Å². The van der Waals surface area contributed by atoms with Gasteiger partial charge in [-0.25, -0.2) is 0 Å². The fraction of sp³-hybridized carbons (Fsp3) is 0.667. The number of hydrogen-bond donors (Lipinski definition) is 0. The summed E-state index contributed by atoms with van der Waals surface area (Å²) in [5, 5.41) is 4.00. The first kappa shape index (κ1) is 8.31. The molecular weight excluding hydrogens is 136 g/mol. The van der Waals surface area contributed by atoms with Gasteiger partial charge in [0, 0.05) is 12.7 Å². The molecular formula is C9H15N2. The van der Waals surface area contributed by atoms with Gasteiger partial charge in [-0.3, -0.25) is 4.68 Å². The minimum Gasteiger partial charge on any atom is -0.272 e. The molecule has 0 saturated heterocycles. The van der Waals surface area contributed by atoms with Crippen molar-refractivity contribution in [3.63, 3.8) is 0 Å². The molecule has 1 radical (unpaired) electrons. The Morgan fingerprint density at radius 3 is 2.91 bits per heavy atom. The van der Waals surface area contributed by atoms with Crippen LogP contribution in [0.15, 0.2) is 12.3 Å². The van der Waals surface area contributed by atoms with E-state index < -0.39 is 0 Å². The van der Waals surface area contributed by atoms with Gasteiger partial charge in [-0.2, -0.15) is 5.10 Å². The fourth-order valence-electron chi connectivity index (χ4n) is 1.05. The zero-order chi connectivity index (χ0) is 8.10. The topological polar surface area (TPSA) is 17.8 Å². The second-order valence-electron chi connectivity index (χ2n) is 3.24. The summed E-state index contributed by atoms with van der Waals surface area (Å²) in [6.07, 6.45) is 7.23. The second kappa shape index (κ2) is 4.16. The van der Waals surface area contributed by atoms with E-state index in [-0.39, 0.29) is 0 Å². The summed E-state index contributed by atoms with van der Waals surface area (Å²) in [5.74, 6) is 0.801. The lowest BCUT2D eigenvalue weighted by atomic mass is 10.1. The van der Waals surface area contributed by atoms with Gasteiger partial charge >= 0.3 is 0 Å². The molecule has 0 unspecified atom stereocenters. The maximum atomic E-state index is 4.00. The van der Waals surface area contributed by atoms with Crippen molar-refractivity contribution in [2.45, 2.75) is 33.2 Å². The molecule has 0 saturated carbocycles. The summed E-state index contributed by atoms with van der Waals surface area (Å²) < 4.78 is 1.93. The lowest BCUT2D eigenvalue weighted by molar-refractivity contribution is 0.489. The number of nitrogens with zero attached hydrogens (tertiary/aromatic N) is 2. The minimum absolute atomic E-state index is 0.801. The van der Waals surface area contributed by atoms with Gasteiger partial charge < -0.3 is 0 Å². The molecule has 0 spiro atoms. The van der Waals surface area contributed by atoms with Crippen molar-refractivity contribution in [2.24, 2.45) is 5.92 Å². The molecule has 0 aromatic carbocycles. The van der Waals surface area contributed by atoms with Crippen LogP contribution < -0.4 is 0 Å². The predicted octanol–water partition coefficient (Wildman–Crippen LogP) is 2.12. The van der Waals surface area contributed by atoms with Crippen LogP contribution in [0.25, 0.3) is 0 Å². The van der Waals surface area contributed by atoms with Crippen LogP contribution in [-0.2, 0) is 6.54 Å². The molecule has 0 N–H and O–H groups in total. The Kier molecular flexibility index (Phi) is 3.14. The Morgan fingerprint density at radius 2 is 2.36 bits per heavy atom. The maximum absolute atomic E-state index is 4.00. The van der Waals surface area contributed by atoms with Gasteiger partial charge in [-0.1, -0.05) is 13.8 Å². The van der Waals surface area contributed by atoms with Crippen molar-refractivity contribution in [3.05, 3.63) is 18.5 Å². The second-order valence-corrected chi connectivity index (χ2v) is 3.24. The predicted molar refractivity (Wildman–Crippen MR) is 45.1 cm³/mol. The third-order valence-electron chi connectivity index (χ3n) is 1.68. The fourth-order valence-corrected chi connectivity index (χ4v) is 1.05. The molecule has 1 rings (SSSR count). The van der Waals surface area contributed by atoms with E-state index in [1.165, 1.54) is 12.8 Å². The summed E-state index contributed by atoms with van der Waals surface area (Å²) in [5.41, 5.74) is 0. The van der Waals surface area contributed by atoms with Crippen LogP contribution in [-0.4, -0.2) is 9.78 Å². The minimum atomic E-state index is 0.801. The summed E-state index contributed by atoms with van der Waals surface area (Å²) >= 11 is 0. The van der Waals surface area contributed by atoms with Crippen molar-refractivity contribution < 1.29 is 0 Å². The molecule has 61 valence electrons. The van der Waals surface area contributed by atoms with Crippen molar-refractivity contribution in [1.82, 2.24) is 9.78 Å². The van der Waals surface area contributed by atoms with Crippen LogP contribution in [0.5, 0.6) is 0 Å². The molecule has 2 nitrogen and oxygen atoms in total. The average Bonchev–Trinajstić information content (AvgIpc) is 2.39. The molecule has 1 heterocycles. The summed E-state index contributed by atoms with van der Waals surface area (Å²) in [7, 11) is 0. The van der Waals surface area contributed by atoms with Crippen LogP contribution in [0, 0.1) is 12.1 Å². The van der Waals surface area contributed by atoms with E-state index in [1.54, 1.807) is 0 Å². The molecule has 1 aromatic rings. The van der Waals surface area contributed by atoms with Gasteiger partial charge in [0.05, 0.1) is 0 Å². The van der Waals surface area contributed by atoms with E-state index in [4.69, 9.17) is 0 Å². The summed E-state index contributed by atoms with van der Waals surface area (Å²) in [4.78, 5) is 0. The number of rotatable bonds is 4. The van der Waals surface area contributed by atoms with E-state index >= 15 is 0 Å². The molecule has 11 heavy (non-hydrogen) atoms. The lowest BCUT2D eigenvalue weighted by Crippen LogP contribution is -1.99. The normalized spacial score (nSPS) is 10.8. The molecule has 0 fully saturated rings. The van der Waals surface area contributed by atoms with Gasteiger partial charge in [0.25, 0.3) is 0 Å². The van der Waals surface area contributed by atoms with Gasteiger partial charge in [0.2, 0.25) is 0 Å². The zero-order valence-corrected chi connectivity index (χ0v) is 7.25. The number of aromatic nitrogens is 2. The van der Waals surface area contributed by atoms with E-state index in [2.05, 4.69) is 25.1 Å². The molecule has 0 amide bonds. The Bertz CT molecular complexity index is 177. The van der Waals surface area contributed by atoms with Crippen LogP contribution in [0.3, 0.4) is 0 Å². The zero-order valence-electron chi connectivity index (χ0n) is 7.25. The maximum Gasteiger partial charge on any atom is 0.113 e. The summed E-state index contributed by atoms with van der Waals surface area (Å²) in [6, 6.07) is 1.84. The van der Waals surface area contributed by atoms with Crippen molar-refractivity contribution >= 4 is 0 Å². The van der Waals surface area contributed by atoms with E-state index in [0.717, 1.165) is 12.5 Å². The highest BCUT2D eigenvalue weighted by atomic mass is 15.3.